The van der Waals surface area contributed by atoms with Crippen molar-refractivity contribution in [1.29, 1.82) is 0 Å². The van der Waals surface area contributed by atoms with Crippen molar-refractivity contribution in [3.8, 4) is 5.75 Å². The van der Waals surface area contributed by atoms with Gasteiger partial charge in [-0.1, -0.05) is 25.4 Å². The van der Waals surface area contributed by atoms with E-state index in [1.54, 1.807) is 12.1 Å². The van der Waals surface area contributed by atoms with Gasteiger partial charge in [0, 0.05) is 11.6 Å². The first-order valence-electron chi connectivity index (χ1n) is 8.32. The van der Waals surface area contributed by atoms with Gasteiger partial charge in [-0.3, -0.25) is 10.1 Å². The monoisotopic (exact) mass is 384 g/mol. The molecule has 0 fully saturated rings. The standard InChI is InChI=1S/C18H25ClN2O5/c1-11(2)5-6-20-18(24)21-15(22)9-25-16(23)10-26-17-12(3)7-14(19)8-13(17)4/h7-8,11H,5-6,9-10H2,1-4H3,(H2,20,21,22,24). The first kappa shape index (κ1) is 21.8. The number of halogens is 1. The molecule has 0 bridgehead atoms. The molecular formula is C18H25ClN2O5. The van der Waals surface area contributed by atoms with E-state index in [-0.39, 0.29) is 6.61 Å². The summed E-state index contributed by atoms with van der Waals surface area (Å²) in [5.74, 6) is -0.437. The van der Waals surface area contributed by atoms with Crippen LogP contribution in [0.5, 0.6) is 5.75 Å². The lowest BCUT2D eigenvalue weighted by Gasteiger charge is -2.12. The van der Waals surface area contributed by atoms with Crippen molar-refractivity contribution in [3.05, 3.63) is 28.3 Å². The number of urea groups is 1. The highest BCUT2D eigenvalue weighted by Crippen LogP contribution is 2.26. The van der Waals surface area contributed by atoms with E-state index < -0.39 is 24.5 Å². The van der Waals surface area contributed by atoms with E-state index in [2.05, 4.69) is 10.6 Å². The number of aryl methyl sites for hydroxylation is 2. The highest BCUT2D eigenvalue weighted by atomic mass is 35.5. The molecule has 1 aromatic rings. The Hall–Kier alpha value is -2.28. The van der Waals surface area contributed by atoms with E-state index in [0.29, 0.717) is 23.2 Å². The number of imide groups is 1. The maximum absolute atomic E-state index is 11.7. The van der Waals surface area contributed by atoms with Crippen LogP contribution in [0.2, 0.25) is 5.02 Å². The van der Waals surface area contributed by atoms with Gasteiger partial charge in [0.25, 0.3) is 5.91 Å². The number of rotatable bonds is 8. The van der Waals surface area contributed by atoms with Crippen LogP contribution in [-0.4, -0.2) is 37.7 Å². The normalized spacial score (nSPS) is 10.4. The fraction of sp³-hybridized carbons (Fsp3) is 0.500. The average Bonchev–Trinajstić information content (AvgIpc) is 2.51. The predicted octanol–water partition coefficient (Wildman–Crippen LogP) is 2.75. The van der Waals surface area contributed by atoms with Crippen LogP contribution in [0.3, 0.4) is 0 Å². The molecule has 0 saturated heterocycles. The smallest absolute Gasteiger partial charge is 0.344 e. The maximum Gasteiger partial charge on any atom is 0.344 e. The molecule has 1 rings (SSSR count). The van der Waals surface area contributed by atoms with Crippen LogP contribution in [0.4, 0.5) is 4.79 Å². The molecule has 0 heterocycles. The van der Waals surface area contributed by atoms with Gasteiger partial charge in [-0.2, -0.15) is 0 Å². The number of esters is 1. The molecule has 0 spiro atoms. The molecule has 0 aromatic heterocycles. The number of amides is 3. The van der Waals surface area contributed by atoms with E-state index in [4.69, 9.17) is 21.1 Å². The van der Waals surface area contributed by atoms with Crippen molar-refractivity contribution in [2.45, 2.75) is 34.1 Å². The van der Waals surface area contributed by atoms with Gasteiger partial charge in [0.2, 0.25) is 0 Å². The molecule has 144 valence electrons. The third-order valence-electron chi connectivity index (χ3n) is 3.38. The number of carbonyl (C=O) groups is 3. The van der Waals surface area contributed by atoms with Gasteiger partial charge in [-0.25, -0.2) is 9.59 Å². The van der Waals surface area contributed by atoms with Crippen LogP contribution in [0.25, 0.3) is 0 Å². The number of hydrogen-bond acceptors (Lipinski definition) is 5. The summed E-state index contributed by atoms with van der Waals surface area (Å²) < 4.78 is 10.2. The second-order valence-corrected chi connectivity index (χ2v) is 6.74. The molecule has 0 saturated carbocycles. The zero-order valence-electron chi connectivity index (χ0n) is 15.5. The lowest BCUT2D eigenvalue weighted by atomic mass is 10.1. The highest BCUT2D eigenvalue weighted by molar-refractivity contribution is 6.30. The van der Waals surface area contributed by atoms with Crippen molar-refractivity contribution < 1.29 is 23.9 Å². The molecule has 0 aliphatic heterocycles. The van der Waals surface area contributed by atoms with Crippen molar-refractivity contribution >= 4 is 29.5 Å². The van der Waals surface area contributed by atoms with Gasteiger partial charge in [0.05, 0.1) is 0 Å². The third kappa shape index (κ3) is 8.20. The summed E-state index contributed by atoms with van der Waals surface area (Å²) in [6.45, 7) is 7.23. The Morgan fingerprint density at radius 2 is 1.73 bits per heavy atom. The second-order valence-electron chi connectivity index (χ2n) is 6.30. The van der Waals surface area contributed by atoms with E-state index in [1.807, 2.05) is 27.7 Å². The Morgan fingerprint density at radius 3 is 2.31 bits per heavy atom. The zero-order valence-corrected chi connectivity index (χ0v) is 16.2. The second kappa shape index (κ2) is 10.7. The van der Waals surface area contributed by atoms with Crippen LogP contribution >= 0.6 is 11.6 Å². The van der Waals surface area contributed by atoms with Gasteiger partial charge < -0.3 is 14.8 Å². The van der Waals surface area contributed by atoms with Crippen molar-refractivity contribution in [2.24, 2.45) is 5.92 Å². The summed E-state index contributed by atoms with van der Waals surface area (Å²) in [7, 11) is 0. The van der Waals surface area contributed by atoms with Crippen molar-refractivity contribution in [3.63, 3.8) is 0 Å². The Balaban J connectivity index is 2.32. The third-order valence-corrected chi connectivity index (χ3v) is 3.60. The predicted molar refractivity (Wildman–Crippen MR) is 98.4 cm³/mol. The van der Waals surface area contributed by atoms with E-state index in [1.165, 1.54) is 0 Å². The fourth-order valence-electron chi connectivity index (χ4n) is 2.13. The molecule has 0 aliphatic carbocycles. The van der Waals surface area contributed by atoms with Crippen LogP contribution < -0.4 is 15.4 Å². The topological polar surface area (TPSA) is 93.7 Å². The molecule has 3 amide bonds. The lowest BCUT2D eigenvalue weighted by molar-refractivity contribution is -0.150. The van der Waals surface area contributed by atoms with Crippen molar-refractivity contribution in [2.75, 3.05) is 19.8 Å². The fourth-order valence-corrected chi connectivity index (χ4v) is 2.45. The minimum atomic E-state index is -0.714. The maximum atomic E-state index is 11.7. The molecule has 26 heavy (non-hydrogen) atoms. The summed E-state index contributed by atoms with van der Waals surface area (Å²) in [5, 5.41) is 5.22. The van der Waals surface area contributed by atoms with Crippen molar-refractivity contribution in [1.82, 2.24) is 10.6 Å². The van der Waals surface area contributed by atoms with Crippen LogP contribution in [0, 0.1) is 19.8 Å². The zero-order chi connectivity index (χ0) is 19.7. The Kier molecular flexibility index (Phi) is 8.92. The van der Waals surface area contributed by atoms with Gasteiger partial charge in [-0.15, -0.1) is 0 Å². The first-order valence-corrected chi connectivity index (χ1v) is 8.69. The first-order chi connectivity index (χ1) is 12.2. The molecule has 0 unspecified atom stereocenters. The number of ether oxygens (including phenoxy) is 2. The molecule has 2 N–H and O–H groups in total. The molecule has 7 nitrogen and oxygen atoms in total. The van der Waals surface area contributed by atoms with Crippen LogP contribution in [0.15, 0.2) is 12.1 Å². The summed E-state index contributed by atoms with van der Waals surface area (Å²) in [4.78, 5) is 34.7. The van der Waals surface area contributed by atoms with Crippen LogP contribution in [0.1, 0.15) is 31.4 Å². The summed E-state index contributed by atoms with van der Waals surface area (Å²) in [6.07, 6.45) is 0.803. The Morgan fingerprint density at radius 1 is 1.12 bits per heavy atom. The largest absolute Gasteiger partial charge is 0.481 e. The van der Waals surface area contributed by atoms with E-state index in [0.717, 1.165) is 17.5 Å². The minimum absolute atomic E-state index is 0.350. The van der Waals surface area contributed by atoms with Gasteiger partial charge in [0.15, 0.2) is 13.2 Å². The Labute approximate surface area is 158 Å². The lowest BCUT2D eigenvalue weighted by Crippen LogP contribution is -2.42. The molecular weight excluding hydrogens is 360 g/mol. The molecule has 1 aromatic carbocycles. The van der Waals surface area contributed by atoms with E-state index >= 15 is 0 Å². The summed E-state index contributed by atoms with van der Waals surface area (Å²) in [6, 6.07) is 2.83. The Bertz CT molecular complexity index is 638. The molecule has 8 heteroatoms. The molecule has 0 radical (unpaired) electrons. The van der Waals surface area contributed by atoms with E-state index in [9.17, 15) is 14.4 Å². The number of carbonyl (C=O) groups excluding carboxylic acids is 3. The van der Waals surface area contributed by atoms with Gasteiger partial charge in [0.1, 0.15) is 5.75 Å². The molecule has 0 aliphatic rings. The highest BCUT2D eigenvalue weighted by Gasteiger charge is 2.13. The summed E-state index contributed by atoms with van der Waals surface area (Å²) in [5.41, 5.74) is 1.58. The number of nitrogens with one attached hydrogen (secondary N) is 2. The van der Waals surface area contributed by atoms with Gasteiger partial charge >= 0.3 is 12.0 Å². The molecule has 0 atom stereocenters. The quantitative estimate of drug-likeness (QED) is 0.672. The SMILES string of the molecule is Cc1cc(Cl)cc(C)c1OCC(=O)OCC(=O)NC(=O)NCCC(C)C. The summed E-state index contributed by atoms with van der Waals surface area (Å²) >= 11 is 5.93. The van der Waals surface area contributed by atoms with Crippen LogP contribution in [-0.2, 0) is 14.3 Å². The number of benzene rings is 1. The minimum Gasteiger partial charge on any atom is -0.481 e. The number of hydrogen-bond donors (Lipinski definition) is 2. The van der Waals surface area contributed by atoms with Gasteiger partial charge in [-0.05, 0) is 49.4 Å². The average molecular weight is 385 g/mol.